The fraction of sp³-hybridized carbons (Fsp3) is 0.750. The van der Waals surface area contributed by atoms with Gasteiger partial charge in [-0.25, -0.2) is 9.59 Å². The van der Waals surface area contributed by atoms with Crippen LogP contribution >= 0.6 is 0 Å². The lowest BCUT2D eigenvalue weighted by atomic mass is 10.2. The van der Waals surface area contributed by atoms with Crippen molar-refractivity contribution in [3.05, 3.63) is 0 Å². The van der Waals surface area contributed by atoms with E-state index in [1.54, 1.807) is 0 Å². The minimum absolute atomic E-state index is 0.0141. The number of ether oxygens (including phenoxy) is 1. The lowest BCUT2D eigenvalue weighted by Crippen LogP contribution is -2.46. The zero-order valence-electron chi connectivity index (χ0n) is 11.9. The Morgan fingerprint density at radius 2 is 2.00 bits per heavy atom. The number of carbonyl (C=O) groups excluding carboxylic acids is 2. The number of β-amino-alcohol motifs (C(OH)–C–C–N with tert-alkyl or cyclic N) is 1. The van der Waals surface area contributed by atoms with Gasteiger partial charge in [-0.05, 0) is 0 Å². The molecule has 0 aliphatic carbocycles. The summed E-state index contributed by atoms with van der Waals surface area (Å²) in [4.78, 5) is 35.3. The summed E-state index contributed by atoms with van der Waals surface area (Å²) in [7, 11) is 1.52. The van der Waals surface area contributed by atoms with Crippen molar-refractivity contribution in [1.82, 2.24) is 15.5 Å². The van der Waals surface area contributed by atoms with Crippen LogP contribution in [-0.4, -0.2) is 78.5 Å². The van der Waals surface area contributed by atoms with Gasteiger partial charge in [0.15, 0.2) is 0 Å². The van der Waals surface area contributed by atoms with Gasteiger partial charge in [0.25, 0.3) is 0 Å². The molecule has 120 valence electrons. The zero-order valence-corrected chi connectivity index (χ0v) is 11.9. The van der Waals surface area contributed by atoms with Gasteiger partial charge in [0.05, 0.1) is 12.7 Å². The van der Waals surface area contributed by atoms with E-state index in [4.69, 9.17) is 9.84 Å². The number of likely N-dealkylation sites (tertiary alicyclic amines) is 1. The van der Waals surface area contributed by atoms with Crippen LogP contribution in [0, 0.1) is 0 Å². The normalized spacial score (nSPS) is 21.1. The molecule has 0 aromatic heterocycles. The van der Waals surface area contributed by atoms with Gasteiger partial charge in [-0.1, -0.05) is 0 Å². The molecule has 0 unspecified atom stereocenters. The zero-order chi connectivity index (χ0) is 15.8. The predicted octanol–water partition coefficient (Wildman–Crippen LogP) is -1.63. The Kier molecular flexibility index (Phi) is 6.89. The molecule has 0 saturated carbocycles. The van der Waals surface area contributed by atoms with Crippen LogP contribution < -0.4 is 10.6 Å². The number of carboxylic acid groups (broad SMARTS) is 1. The molecule has 1 rings (SSSR count). The predicted molar refractivity (Wildman–Crippen MR) is 71.7 cm³/mol. The summed E-state index contributed by atoms with van der Waals surface area (Å²) < 4.78 is 4.78. The highest BCUT2D eigenvalue weighted by Crippen LogP contribution is 2.17. The first-order valence-electron chi connectivity index (χ1n) is 6.66. The number of amides is 3. The van der Waals surface area contributed by atoms with Gasteiger partial charge in [-0.15, -0.1) is 0 Å². The molecule has 1 fully saturated rings. The van der Waals surface area contributed by atoms with Crippen LogP contribution in [0.2, 0.25) is 0 Å². The quantitative estimate of drug-likeness (QED) is 0.418. The minimum atomic E-state index is -1.15. The second-order valence-electron chi connectivity index (χ2n) is 4.72. The molecule has 9 heteroatoms. The Morgan fingerprint density at radius 3 is 2.62 bits per heavy atom. The van der Waals surface area contributed by atoms with Gasteiger partial charge in [0.2, 0.25) is 5.91 Å². The Morgan fingerprint density at radius 1 is 1.29 bits per heavy atom. The first-order chi connectivity index (χ1) is 9.95. The van der Waals surface area contributed by atoms with Gasteiger partial charge >= 0.3 is 12.0 Å². The first kappa shape index (κ1) is 17.2. The lowest BCUT2D eigenvalue weighted by molar-refractivity contribution is -0.141. The molecule has 9 nitrogen and oxygen atoms in total. The van der Waals surface area contributed by atoms with E-state index in [2.05, 4.69) is 10.6 Å². The number of carbonyl (C=O) groups is 3. The van der Waals surface area contributed by atoms with E-state index >= 15 is 0 Å². The smallest absolute Gasteiger partial charge is 0.326 e. The van der Waals surface area contributed by atoms with Crippen molar-refractivity contribution in [2.75, 3.05) is 33.4 Å². The van der Waals surface area contributed by atoms with Crippen molar-refractivity contribution >= 4 is 17.9 Å². The molecule has 21 heavy (non-hydrogen) atoms. The summed E-state index contributed by atoms with van der Waals surface area (Å²) >= 11 is 0. The van der Waals surface area contributed by atoms with Crippen molar-refractivity contribution in [3.8, 4) is 0 Å². The maximum Gasteiger partial charge on any atom is 0.326 e. The molecule has 1 heterocycles. The van der Waals surface area contributed by atoms with E-state index in [1.165, 1.54) is 7.11 Å². The molecule has 1 aliphatic rings. The average Bonchev–Trinajstić information content (AvgIpc) is 2.81. The highest BCUT2D eigenvalue weighted by molar-refractivity contribution is 5.84. The molecular formula is C12H21N3O6. The maximum absolute atomic E-state index is 11.8. The third-order valence-electron chi connectivity index (χ3n) is 3.08. The maximum atomic E-state index is 11.8. The first-order valence-corrected chi connectivity index (χ1v) is 6.66. The van der Waals surface area contributed by atoms with E-state index < -0.39 is 24.1 Å². The highest BCUT2D eigenvalue weighted by atomic mass is 16.5. The van der Waals surface area contributed by atoms with Crippen molar-refractivity contribution in [3.63, 3.8) is 0 Å². The third-order valence-corrected chi connectivity index (χ3v) is 3.08. The summed E-state index contributed by atoms with van der Waals surface area (Å²) in [5.41, 5.74) is 0. The van der Waals surface area contributed by atoms with Crippen LogP contribution in [0.1, 0.15) is 12.8 Å². The topological polar surface area (TPSA) is 128 Å². The average molecular weight is 303 g/mol. The van der Waals surface area contributed by atoms with Crippen LogP contribution in [0.25, 0.3) is 0 Å². The Labute approximate surface area is 122 Å². The van der Waals surface area contributed by atoms with Crippen LogP contribution in [0.5, 0.6) is 0 Å². The number of nitrogens with zero attached hydrogens (tertiary/aromatic N) is 1. The lowest BCUT2D eigenvalue weighted by Gasteiger charge is -2.21. The van der Waals surface area contributed by atoms with Crippen LogP contribution in [-0.2, 0) is 14.3 Å². The molecule has 0 aromatic carbocycles. The number of aliphatic hydroxyl groups excluding tert-OH is 1. The Bertz CT molecular complexity index is 389. The molecular weight excluding hydrogens is 282 g/mol. The number of rotatable bonds is 7. The summed E-state index contributed by atoms with van der Waals surface area (Å²) in [6.07, 6.45) is -0.738. The van der Waals surface area contributed by atoms with Gasteiger partial charge in [-0.2, -0.15) is 0 Å². The monoisotopic (exact) mass is 303 g/mol. The van der Waals surface area contributed by atoms with Crippen LogP contribution in [0.15, 0.2) is 0 Å². The molecule has 2 atom stereocenters. The van der Waals surface area contributed by atoms with Crippen molar-refractivity contribution in [2.45, 2.75) is 25.0 Å². The molecule has 4 N–H and O–H groups in total. The highest BCUT2D eigenvalue weighted by Gasteiger charge is 2.38. The molecule has 3 amide bonds. The molecule has 0 spiro atoms. The molecule has 1 saturated heterocycles. The Hall–Kier alpha value is -1.87. The summed E-state index contributed by atoms with van der Waals surface area (Å²) in [5, 5.41) is 23.5. The van der Waals surface area contributed by atoms with Crippen LogP contribution in [0.3, 0.4) is 0 Å². The summed E-state index contributed by atoms with van der Waals surface area (Å²) in [5.74, 6) is -1.39. The van der Waals surface area contributed by atoms with Gasteiger partial charge in [0.1, 0.15) is 6.04 Å². The van der Waals surface area contributed by atoms with E-state index in [-0.39, 0.29) is 31.8 Å². The number of nitrogens with one attached hydrogen (secondary N) is 2. The van der Waals surface area contributed by atoms with Gasteiger partial charge in [-0.3, -0.25) is 4.79 Å². The number of aliphatic hydroxyl groups is 1. The van der Waals surface area contributed by atoms with Gasteiger partial charge in [0, 0.05) is 39.6 Å². The number of hydrogen-bond donors (Lipinski definition) is 4. The largest absolute Gasteiger partial charge is 0.480 e. The summed E-state index contributed by atoms with van der Waals surface area (Å²) in [6.45, 7) is 0.867. The fourth-order valence-electron chi connectivity index (χ4n) is 2.04. The SMILES string of the molecule is COCCNC(=O)CCNC(=O)N1C[C@H](O)C[C@@H]1C(=O)O. The molecule has 1 aliphatic heterocycles. The van der Waals surface area contributed by atoms with E-state index in [1.807, 2.05) is 0 Å². The van der Waals surface area contributed by atoms with Crippen LogP contribution in [0.4, 0.5) is 4.79 Å². The third kappa shape index (κ3) is 5.56. The van der Waals surface area contributed by atoms with Crippen molar-refractivity contribution in [1.29, 1.82) is 0 Å². The van der Waals surface area contributed by atoms with E-state index in [0.29, 0.717) is 13.2 Å². The number of hydrogen-bond acceptors (Lipinski definition) is 5. The van der Waals surface area contributed by atoms with E-state index in [0.717, 1.165) is 4.90 Å². The van der Waals surface area contributed by atoms with Crippen molar-refractivity contribution < 1.29 is 29.3 Å². The fourth-order valence-corrected chi connectivity index (χ4v) is 2.04. The minimum Gasteiger partial charge on any atom is -0.480 e. The standard InChI is InChI=1S/C12H21N3O6/c1-21-5-4-13-10(17)2-3-14-12(20)15-7-8(16)6-9(15)11(18)19/h8-9,16H,2-7H2,1H3,(H,13,17)(H,14,20)(H,18,19)/t8-,9-/m1/s1. The molecule has 0 aromatic rings. The molecule has 0 radical (unpaired) electrons. The number of carboxylic acids is 1. The number of methoxy groups -OCH3 is 1. The van der Waals surface area contributed by atoms with E-state index in [9.17, 15) is 19.5 Å². The number of urea groups is 1. The second kappa shape index (κ2) is 8.42. The second-order valence-corrected chi connectivity index (χ2v) is 4.72. The molecule has 0 bridgehead atoms. The Balaban J connectivity index is 2.30. The summed E-state index contributed by atoms with van der Waals surface area (Å²) in [6, 6.07) is -1.63. The number of aliphatic carboxylic acids is 1. The van der Waals surface area contributed by atoms with Gasteiger partial charge < -0.3 is 30.5 Å². The van der Waals surface area contributed by atoms with Crippen molar-refractivity contribution in [2.24, 2.45) is 0 Å².